The average molecular weight is 392 g/mol. The minimum Gasteiger partial charge on any atom is -0.340 e. The summed E-state index contributed by atoms with van der Waals surface area (Å²) in [7, 11) is 1.72. The van der Waals surface area contributed by atoms with Crippen molar-refractivity contribution in [1.29, 1.82) is 0 Å². The summed E-state index contributed by atoms with van der Waals surface area (Å²) in [6, 6.07) is 9.21. The Kier molecular flexibility index (Phi) is 4.58. The highest BCUT2D eigenvalue weighted by Gasteiger charge is 2.13. The molecular formula is C16H14BrN3O2S. The van der Waals surface area contributed by atoms with Crippen molar-refractivity contribution in [3.8, 4) is 0 Å². The van der Waals surface area contributed by atoms with Crippen molar-refractivity contribution < 1.29 is 4.79 Å². The third kappa shape index (κ3) is 3.51. The molecule has 2 aromatic heterocycles. The summed E-state index contributed by atoms with van der Waals surface area (Å²) < 4.78 is 2.24. The zero-order chi connectivity index (χ0) is 16.4. The molecule has 1 amide bonds. The van der Waals surface area contributed by atoms with Gasteiger partial charge in [-0.25, -0.2) is 4.68 Å². The Balaban J connectivity index is 1.77. The van der Waals surface area contributed by atoms with Gasteiger partial charge in [-0.05, 0) is 39.0 Å². The maximum absolute atomic E-state index is 12.4. The van der Waals surface area contributed by atoms with E-state index in [4.69, 9.17) is 0 Å². The quantitative estimate of drug-likeness (QED) is 0.686. The number of hydrogen-bond acceptors (Lipinski definition) is 4. The molecule has 0 saturated carbocycles. The SMILES string of the molecule is CN(Cc1csc(Br)c1)C(=O)Cn1ncc2ccccc2c1=O. The number of amides is 1. The lowest BCUT2D eigenvalue weighted by atomic mass is 10.2. The maximum Gasteiger partial charge on any atom is 0.275 e. The van der Waals surface area contributed by atoms with Gasteiger partial charge in [0, 0.05) is 19.0 Å². The Hall–Kier alpha value is -1.99. The molecule has 23 heavy (non-hydrogen) atoms. The molecular weight excluding hydrogens is 378 g/mol. The van der Waals surface area contributed by atoms with Gasteiger partial charge < -0.3 is 4.90 Å². The van der Waals surface area contributed by atoms with Crippen molar-refractivity contribution >= 4 is 43.9 Å². The monoisotopic (exact) mass is 391 g/mol. The fraction of sp³-hybridized carbons (Fsp3) is 0.188. The Morgan fingerprint density at radius 2 is 2.17 bits per heavy atom. The van der Waals surface area contributed by atoms with Crippen molar-refractivity contribution in [3.63, 3.8) is 0 Å². The van der Waals surface area contributed by atoms with E-state index in [1.807, 2.05) is 23.6 Å². The van der Waals surface area contributed by atoms with Gasteiger partial charge in [0.25, 0.3) is 5.56 Å². The van der Waals surface area contributed by atoms with Crippen LogP contribution in [-0.4, -0.2) is 27.6 Å². The smallest absolute Gasteiger partial charge is 0.275 e. The van der Waals surface area contributed by atoms with Gasteiger partial charge in [-0.15, -0.1) is 11.3 Å². The summed E-state index contributed by atoms with van der Waals surface area (Å²) in [5, 5.41) is 7.43. The lowest BCUT2D eigenvalue weighted by Gasteiger charge is -2.16. The van der Waals surface area contributed by atoms with Crippen molar-refractivity contribution in [2.24, 2.45) is 0 Å². The highest BCUT2D eigenvalue weighted by molar-refractivity contribution is 9.11. The molecule has 0 N–H and O–H groups in total. The van der Waals surface area contributed by atoms with Crippen LogP contribution >= 0.6 is 27.3 Å². The summed E-state index contributed by atoms with van der Waals surface area (Å²) in [6.45, 7) is 0.439. The zero-order valence-corrected chi connectivity index (χ0v) is 14.8. The van der Waals surface area contributed by atoms with Crippen LogP contribution in [0.4, 0.5) is 0 Å². The van der Waals surface area contributed by atoms with Crippen molar-refractivity contribution in [1.82, 2.24) is 14.7 Å². The minimum absolute atomic E-state index is 0.0640. The molecule has 0 fully saturated rings. The molecule has 0 aliphatic heterocycles. The number of benzene rings is 1. The topological polar surface area (TPSA) is 55.2 Å². The van der Waals surface area contributed by atoms with Crippen LogP contribution in [0.3, 0.4) is 0 Å². The Bertz CT molecular complexity index is 919. The molecule has 3 rings (SSSR count). The highest BCUT2D eigenvalue weighted by atomic mass is 79.9. The molecule has 7 heteroatoms. The number of carbonyl (C=O) groups excluding carboxylic acids is 1. The molecule has 0 unspecified atom stereocenters. The van der Waals surface area contributed by atoms with Gasteiger partial charge in [0.2, 0.25) is 5.91 Å². The van der Waals surface area contributed by atoms with Gasteiger partial charge in [-0.1, -0.05) is 18.2 Å². The lowest BCUT2D eigenvalue weighted by molar-refractivity contribution is -0.131. The van der Waals surface area contributed by atoms with E-state index in [9.17, 15) is 9.59 Å². The van der Waals surface area contributed by atoms with Gasteiger partial charge >= 0.3 is 0 Å². The van der Waals surface area contributed by atoms with Gasteiger partial charge in [0.15, 0.2) is 0 Å². The van der Waals surface area contributed by atoms with E-state index in [0.29, 0.717) is 11.9 Å². The van der Waals surface area contributed by atoms with E-state index in [-0.39, 0.29) is 18.0 Å². The molecule has 0 aliphatic carbocycles. The number of hydrogen-bond donors (Lipinski definition) is 0. The van der Waals surface area contributed by atoms with Gasteiger partial charge in [-0.3, -0.25) is 9.59 Å². The number of halogens is 1. The number of aromatic nitrogens is 2. The van der Waals surface area contributed by atoms with E-state index in [1.54, 1.807) is 41.6 Å². The first-order valence-electron chi connectivity index (χ1n) is 6.96. The summed E-state index contributed by atoms with van der Waals surface area (Å²) in [5.74, 6) is -0.155. The van der Waals surface area contributed by atoms with Crippen LogP contribution in [-0.2, 0) is 17.9 Å². The lowest BCUT2D eigenvalue weighted by Crippen LogP contribution is -2.34. The standard InChI is InChI=1S/C16H14BrN3O2S/c1-19(8-11-6-14(17)23-10-11)15(21)9-20-16(22)13-5-3-2-4-12(13)7-18-20/h2-7,10H,8-9H2,1H3. The van der Waals surface area contributed by atoms with Crippen molar-refractivity contribution in [3.05, 3.63) is 61.6 Å². The normalized spacial score (nSPS) is 10.9. The van der Waals surface area contributed by atoms with Gasteiger partial charge in [-0.2, -0.15) is 5.10 Å². The number of nitrogens with zero attached hydrogens (tertiary/aromatic N) is 3. The van der Waals surface area contributed by atoms with Crippen molar-refractivity contribution in [2.75, 3.05) is 7.05 Å². The molecule has 5 nitrogen and oxygen atoms in total. The predicted octanol–water partition coefficient (Wildman–Crippen LogP) is 2.88. The van der Waals surface area contributed by atoms with Crippen LogP contribution in [0, 0.1) is 0 Å². The third-order valence-corrected chi connectivity index (χ3v) is 5.07. The molecule has 0 saturated heterocycles. The van der Waals surface area contributed by atoms with Crippen LogP contribution in [0.25, 0.3) is 10.8 Å². The Morgan fingerprint density at radius 3 is 2.91 bits per heavy atom. The zero-order valence-electron chi connectivity index (χ0n) is 12.4. The largest absolute Gasteiger partial charge is 0.340 e. The number of carbonyl (C=O) groups is 1. The summed E-state index contributed by atoms with van der Waals surface area (Å²) >= 11 is 4.98. The van der Waals surface area contributed by atoms with Gasteiger partial charge in [0.05, 0.1) is 15.4 Å². The second-order valence-electron chi connectivity index (χ2n) is 5.20. The minimum atomic E-state index is -0.247. The maximum atomic E-state index is 12.4. The first-order chi connectivity index (χ1) is 11.0. The first kappa shape index (κ1) is 15.9. The number of rotatable bonds is 4. The van der Waals surface area contributed by atoms with Crippen LogP contribution < -0.4 is 5.56 Å². The molecule has 1 aromatic carbocycles. The van der Waals surface area contributed by atoms with E-state index in [0.717, 1.165) is 14.7 Å². The van der Waals surface area contributed by atoms with E-state index < -0.39 is 0 Å². The second-order valence-corrected chi connectivity index (χ2v) is 7.49. The van der Waals surface area contributed by atoms with E-state index in [1.165, 1.54) is 4.68 Å². The Morgan fingerprint density at radius 1 is 1.39 bits per heavy atom. The first-order valence-corrected chi connectivity index (χ1v) is 8.63. The van der Waals surface area contributed by atoms with Crippen LogP contribution in [0.15, 0.2) is 50.5 Å². The molecule has 0 spiro atoms. The second kappa shape index (κ2) is 6.64. The summed E-state index contributed by atoms with van der Waals surface area (Å²) in [4.78, 5) is 26.3. The molecule has 3 aromatic rings. The molecule has 118 valence electrons. The predicted molar refractivity (Wildman–Crippen MR) is 94.5 cm³/mol. The number of likely N-dealkylation sites (N-methyl/N-ethyl adjacent to an activating group) is 1. The summed E-state index contributed by atoms with van der Waals surface area (Å²) in [5.41, 5.74) is 0.805. The number of thiophene rings is 1. The summed E-state index contributed by atoms with van der Waals surface area (Å²) in [6.07, 6.45) is 1.61. The highest BCUT2D eigenvalue weighted by Crippen LogP contribution is 2.21. The van der Waals surface area contributed by atoms with E-state index in [2.05, 4.69) is 21.0 Å². The molecule has 0 aliphatic rings. The number of fused-ring (bicyclic) bond motifs is 1. The van der Waals surface area contributed by atoms with E-state index >= 15 is 0 Å². The fourth-order valence-electron chi connectivity index (χ4n) is 2.28. The van der Waals surface area contributed by atoms with Crippen molar-refractivity contribution in [2.45, 2.75) is 13.1 Å². The van der Waals surface area contributed by atoms with Crippen LogP contribution in [0.2, 0.25) is 0 Å². The Labute approximate surface area is 145 Å². The third-order valence-electron chi connectivity index (χ3n) is 3.51. The fourth-order valence-corrected chi connectivity index (χ4v) is 3.48. The molecule has 0 atom stereocenters. The molecule has 0 bridgehead atoms. The molecule has 0 radical (unpaired) electrons. The molecule has 2 heterocycles. The van der Waals surface area contributed by atoms with Gasteiger partial charge in [0.1, 0.15) is 6.54 Å². The van der Waals surface area contributed by atoms with Crippen LogP contribution in [0.1, 0.15) is 5.56 Å². The van der Waals surface area contributed by atoms with Crippen LogP contribution in [0.5, 0.6) is 0 Å². The average Bonchev–Trinajstić information content (AvgIpc) is 2.95.